The number of aromatic nitrogens is 3. The summed E-state index contributed by atoms with van der Waals surface area (Å²) in [6.07, 6.45) is 1.66. The van der Waals surface area contributed by atoms with Crippen LogP contribution < -0.4 is 10.6 Å². The van der Waals surface area contributed by atoms with Gasteiger partial charge in [0.2, 0.25) is 5.89 Å². The molecule has 2 N–H and O–H groups in total. The topological polar surface area (TPSA) is 136 Å². The van der Waals surface area contributed by atoms with Crippen molar-refractivity contribution in [3.63, 3.8) is 0 Å². The van der Waals surface area contributed by atoms with Gasteiger partial charge in [-0.2, -0.15) is 4.98 Å². The third-order valence-corrected chi connectivity index (χ3v) is 4.47. The molecule has 1 unspecified atom stereocenters. The molecule has 0 fully saturated rings. The smallest absolute Gasteiger partial charge is 0.293 e. The summed E-state index contributed by atoms with van der Waals surface area (Å²) >= 11 is 0. The molecule has 0 saturated carbocycles. The van der Waals surface area contributed by atoms with Crippen LogP contribution in [-0.2, 0) is 5.54 Å². The standard InChI is InChI=1S/C20H22N6O4/c1-12(15-7-5-6-10-21-15)22-16-9-8-14(11-17(16)26(28)29)18(27)24-20(3,4)19-23-13(2)30-25-19/h5-12,22H,1-4H3,(H,24,27). The predicted octanol–water partition coefficient (Wildman–Crippen LogP) is 3.52. The third-order valence-electron chi connectivity index (χ3n) is 4.47. The van der Waals surface area contributed by atoms with E-state index in [1.165, 1.54) is 18.2 Å². The van der Waals surface area contributed by atoms with Gasteiger partial charge in [0.05, 0.1) is 22.2 Å². The second-order valence-electron chi connectivity index (χ2n) is 7.33. The van der Waals surface area contributed by atoms with Crippen molar-refractivity contribution in [1.29, 1.82) is 0 Å². The number of nitro benzene ring substituents is 1. The van der Waals surface area contributed by atoms with Gasteiger partial charge in [0.15, 0.2) is 5.82 Å². The minimum absolute atomic E-state index is 0.144. The van der Waals surface area contributed by atoms with Gasteiger partial charge in [0.1, 0.15) is 5.69 Å². The van der Waals surface area contributed by atoms with Crippen molar-refractivity contribution in [2.45, 2.75) is 39.3 Å². The Kier molecular flexibility index (Phi) is 5.77. The first-order valence-electron chi connectivity index (χ1n) is 9.26. The fourth-order valence-electron chi connectivity index (χ4n) is 2.85. The Bertz CT molecular complexity index is 1060. The number of rotatable bonds is 7. The van der Waals surface area contributed by atoms with Gasteiger partial charge in [-0.3, -0.25) is 19.9 Å². The highest BCUT2D eigenvalue weighted by molar-refractivity contribution is 5.96. The van der Waals surface area contributed by atoms with Crippen LogP contribution >= 0.6 is 0 Å². The summed E-state index contributed by atoms with van der Waals surface area (Å²) in [6.45, 7) is 6.93. The van der Waals surface area contributed by atoms with Crippen molar-refractivity contribution in [3.8, 4) is 0 Å². The summed E-state index contributed by atoms with van der Waals surface area (Å²) in [6, 6.07) is 9.47. The van der Waals surface area contributed by atoms with Crippen LogP contribution in [0.4, 0.5) is 11.4 Å². The number of aryl methyl sites for hydroxylation is 1. The van der Waals surface area contributed by atoms with Gasteiger partial charge in [-0.1, -0.05) is 11.2 Å². The molecule has 0 aliphatic rings. The second-order valence-corrected chi connectivity index (χ2v) is 7.33. The molecule has 2 aromatic heterocycles. The van der Waals surface area contributed by atoms with Crippen LogP contribution in [0.25, 0.3) is 0 Å². The number of hydrogen-bond acceptors (Lipinski definition) is 8. The summed E-state index contributed by atoms with van der Waals surface area (Å²) in [7, 11) is 0. The lowest BCUT2D eigenvalue weighted by atomic mass is 10.0. The zero-order valence-corrected chi connectivity index (χ0v) is 17.0. The Hall–Kier alpha value is -3.82. The molecule has 0 aliphatic carbocycles. The highest BCUT2D eigenvalue weighted by Crippen LogP contribution is 2.29. The fourth-order valence-corrected chi connectivity index (χ4v) is 2.85. The second kappa shape index (κ2) is 8.27. The van der Waals surface area contributed by atoms with Crippen molar-refractivity contribution in [2.75, 3.05) is 5.32 Å². The molecule has 2 heterocycles. The summed E-state index contributed by atoms with van der Waals surface area (Å²) in [5, 5.41) is 21.3. The van der Waals surface area contributed by atoms with E-state index >= 15 is 0 Å². The minimum Gasteiger partial charge on any atom is -0.371 e. The molecule has 156 valence electrons. The van der Waals surface area contributed by atoms with Crippen LogP contribution in [0, 0.1) is 17.0 Å². The summed E-state index contributed by atoms with van der Waals surface area (Å²) in [5.41, 5.74) is 0.0480. The first kappa shape index (κ1) is 20.9. The number of pyridine rings is 1. The number of carbonyl (C=O) groups is 1. The Balaban J connectivity index is 1.82. The molecular formula is C20H22N6O4. The Morgan fingerprint density at radius 3 is 2.63 bits per heavy atom. The predicted molar refractivity (Wildman–Crippen MR) is 109 cm³/mol. The quantitative estimate of drug-likeness (QED) is 0.446. The van der Waals surface area contributed by atoms with Crippen LogP contribution in [0.5, 0.6) is 0 Å². The number of nitro groups is 1. The number of carbonyl (C=O) groups excluding carboxylic acids is 1. The van der Waals surface area contributed by atoms with Gasteiger partial charge in [-0.05, 0) is 45.0 Å². The summed E-state index contributed by atoms with van der Waals surface area (Å²) in [4.78, 5) is 32.2. The van der Waals surface area contributed by atoms with Crippen molar-refractivity contribution in [2.24, 2.45) is 0 Å². The molecule has 0 radical (unpaired) electrons. The van der Waals surface area contributed by atoms with Crippen molar-refractivity contribution < 1.29 is 14.2 Å². The van der Waals surface area contributed by atoms with Crippen LogP contribution in [0.1, 0.15) is 54.6 Å². The van der Waals surface area contributed by atoms with Gasteiger partial charge < -0.3 is 15.2 Å². The molecule has 1 aromatic carbocycles. The lowest BCUT2D eigenvalue weighted by Crippen LogP contribution is -2.41. The first-order chi connectivity index (χ1) is 14.2. The van der Waals surface area contributed by atoms with Crippen LogP contribution in [-0.4, -0.2) is 26.0 Å². The average molecular weight is 410 g/mol. The van der Waals surface area contributed by atoms with Crippen molar-refractivity contribution in [3.05, 3.63) is 75.7 Å². The summed E-state index contributed by atoms with van der Waals surface area (Å²) < 4.78 is 4.96. The number of nitrogens with one attached hydrogen (secondary N) is 2. The highest BCUT2D eigenvalue weighted by atomic mass is 16.6. The fraction of sp³-hybridized carbons (Fsp3) is 0.300. The molecule has 1 amide bonds. The van der Waals surface area contributed by atoms with Gasteiger partial charge in [-0.15, -0.1) is 0 Å². The van der Waals surface area contributed by atoms with E-state index in [9.17, 15) is 14.9 Å². The maximum Gasteiger partial charge on any atom is 0.293 e. The molecule has 0 bridgehead atoms. The van der Waals surface area contributed by atoms with Crippen molar-refractivity contribution >= 4 is 17.3 Å². The van der Waals surface area contributed by atoms with Gasteiger partial charge in [0, 0.05) is 24.8 Å². The maximum atomic E-state index is 12.7. The molecule has 0 saturated heterocycles. The van der Waals surface area contributed by atoms with E-state index < -0.39 is 16.4 Å². The van der Waals surface area contributed by atoms with Gasteiger partial charge >= 0.3 is 0 Å². The molecule has 1 atom stereocenters. The van der Waals surface area contributed by atoms with E-state index in [4.69, 9.17) is 4.52 Å². The van der Waals surface area contributed by atoms with E-state index in [1.807, 2.05) is 19.1 Å². The van der Waals surface area contributed by atoms with E-state index in [0.29, 0.717) is 17.4 Å². The number of nitrogens with zero attached hydrogens (tertiary/aromatic N) is 4. The van der Waals surface area contributed by atoms with E-state index in [0.717, 1.165) is 5.69 Å². The monoisotopic (exact) mass is 410 g/mol. The molecule has 0 aliphatic heterocycles. The third kappa shape index (κ3) is 4.59. The highest BCUT2D eigenvalue weighted by Gasteiger charge is 2.29. The van der Waals surface area contributed by atoms with Gasteiger partial charge in [0.25, 0.3) is 11.6 Å². The number of amides is 1. The lowest BCUT2D eigenvalue weighted by molar-refractivity contribution is -0.384. The van der Waals surface area contributed by atoms with E-state index in [1.54, 1.807) is 33.0 Å². The van der Waals surface area contributed by atoms with E-state index in [2.05, 4.69) is 25.8 Å². The molecule has 10 nitrogen and oxygen atoms in total. The lowest BCUT2D eigenvalue weighted by Gasteiger charge is -2.22. The molecular weight excluding hydrogens is 388 g/mol. The zero-order valence-electron chi connectivity index (χ0n) is 17.0. The zero-order chi connectivity index (χ0) is 21.9. The van der Waals surface area contributed by atoms with E-state index in [-0.39, 0.29) is 17.3 Å². The Morgan fingerprint density at radius 2 is 2.03 bits per heavy atom. The maximum absolute atomic E-state index is 12.7. The molecule has 30 heavy (non-hydrogen) atoms. The molecule has 10 heteroatoms. The molecule has 0 spiro atoms. The van der Waals surface area contributed by atoms with Crippen molar-refractivity contribution in [1.82, 2.24) is 20.4 Å². The molecule has 3 rings (SSSR count). The minimum atomic E-state index is -0.923. The first-order valence-corrected chi connectivity index (χ1v) is 9.26. The number of anilines is 1. The Morgan fingerprint density at radius 1 is 1.27 bits per heavy atom. The average Bonchev–Trinajstić information content (AvgIpc) is 3.15. The van der Waals surface area contributed by atoms with Crippen LogP contribution in [0.3, 0.4) is 0 Å². The Labute approximate surface area is 172 Å². The molecule has 3 aromatic rings. The number of benzene rings is 1. The normalized spacial score (nSPS) is 12.3. The summed E-state index contributed by atoms with van der Waals surface area (Å²) in [5.74, 6) is 0.195. The van der Waals surface area contributed by atoms with Gasteiger partial charge in [-0.25, -0.2) is 0 Å². The SMILES string of the molecule is Cc1nc(C(C)(C)NC(=O)c2ccc(NC(C)c3ccccn3)c([N+](=O)[O-])c2)no1. The van der Waals surface area contributed by atoms with Crippen LogP contribution in [0.15, 0.2) is 47.1 Å². The van der Waals surface area contributed by atoms with Crippen LogP contribution in [0.2, 0.25) is 0 Å². The number of hydrogen-bond donors (Lipinski definition) is 2. The largest absolute Gasteiger partial charge is 0.371 e.